The lowest BCUT2D eigenvalue weighted by Gasteiger charge is -2.10. The van der Waals surface area contributed by atoms with E-state index in [1.54, 1.807) is 50.6 Å². The number of hydrogen-bond acceptors (Lipinski definition) is 8. The van der Waals surface area contributed by atoms with Crippen molar-refractivity contribution in [3.63, 3.8) is 0 Å². The number of amides is 1. The van der Waals surface area contributed by atoms with E-state index in [0.29, 0.717) is 39.3 Å². The van der Waals surface area contributed by atoms with E-state index in [-0.39, 0.29) is 12.3 Å². The van der Waals surface area contributed by atoms with E-state index in [1.807, 2.05) is 11.4 Å². The number of benzene rings is 2. The highest BCUT2D eigenvalue weighted by atomic mass is 32.1. The van der Waals surface area contributed by atoms with Crippen LogP contribution in [0.2, 0.25) is 0 Å². The van der Waals surface area contributed by atoms with E-state index >= 15 is 0 Å². The van der Waals surface area contributed by atoms with Gasteiger partial charge in [0.25, 0.3) is 0 Å². The third-order valence-corrected chi connectivity index (χ3v) is 4.94. The summed E-state index contributed by atoms with van der Waals surface area (Å²) in [7, 11) is 4.50. The molecular formula is C21H21N3O5S. The smallest absolute Gasteiger partial charge is 0.337 e. The average molecular weight is 427 g/mol. The minimum atomic E-state index is -0.428. The minimum Gasteiger partial charge on any atom is -0.497 e. The molecule has 0 aliphatic heterocycles. The molecule has 3 rings (SSSR count). The molecule has 0 spiro atoms. The third-order valence-electron chi connectivity index (χ3n) is 4.13. The van der Waals surface area contributed by atoms with Crippen LogP contribution in [0.5, 0.6) is 11.5 Å². The van der Waals surface area contributed by atoms with E-state index < -0.39 is 5.97 Å². The summed E-state index contributed by atoms with van der Waals surface area (Å²) in [6.45, 7) is 0. The second-order valence-corrected chi connectivity index (χ2v) is 6.99. The van der Waals surface area contributed by atoms with Crippen molar-refractivity contribution in [2.24, 2.45) is 0 Å². The first-order chi connectivity index (χ1) is 14.5. The molecule has 2 aromatic carbocycles. The first-order valence-electron chi connectivity index (χ1n) is 8.94. The molecule has 156 valence electrons. The Morgan fingerprint density at radius 1 is 1.03 bits per heavy atom. The van der Waals surface area contributed by atoms with Crippen LogP contribution in [0.1, 0.15) is 16.1 Å². The number of carbonyl (C=O) groups is 2. The van der Waals surface area contributed by atoms with Gasteiger partial charge >= 0.3 is 5.97 Å². The summed E-state index contributed by atoms with van der Waals surface area (Å²) >= 11 is 1.38. The second kappa shape index (κ2) is 9.75. The van der Waals surface area contributed by atoms with E-state index in [9.17, 15) is 9.59 Å². The number of hydrogen-bond donors (Lipinski definition) is 2. The number of anilines is 3. The zero-order valence-corrected chi connectivity index (χ0v) is 17.5. The third kappa shape index (κ3) is 5.26. The van der Waals surface area contributed by atoms with Crippen LogP contribution in [-0.4, -0.2) is 38.2 Å². The van der Waals surface area contributed by atoms with Gasteiger partial charge in [-0.3, -0.25) is 4.79 Å². The van der Waals surface area contributed by atoms with Gasteiger partial charge in [0.05, 0.1) is 44.7 Å². The molecule has 0 atom stereocenters. The van der Waals surface area contributed by atoms with Crippen LogP contribution in [0.25, 0.3) is 0 Å². The molecule has 30 heavy (non-hydrogen) atoms. The molecule has 0 unspecified atom stereocenters. The molecule has 0 bridgehead atoms. The van der Waals surface area contributed by atoms with Crippen molar-refractivity contribution in [2.45, 2.75) is 6.42 Å². The maximum absolute atomic E-state index is 12.3. The first kappa shape index (κ1) is 21.1. The minimum absolute atomic E-state index is 0.117. The Kier molecular flexibility index (Phi) is 6.87. The van der Waals surface area contributed by atoms with Crippen LogP contribution in [0.15, 0.2) is 47.8 Å². The predicted molar refractivity (Wildman–Crippen MR) is 115 cm³/mol. The van der Waals surface area contributed by atoms with Crippen molar-refractivity contribution >= 4 is 39.7 Å². The van der Waals surface area contributed by atoms with Crippen molar-refractivity contribution < 1.29 is 23.8 Å². The number of aromatic nitrogens is 1. The molecule has 9 heteroatoms. The molecule has 0 fully saturated rings. The Bertz CT molecular complexity index is 1030. The highest BCUT2D eigenvalue weighted by Crippen LogP contribution is 2.32. The molecule has 8 nitrogen and oxygen atoms in total. The van der Waals surface area contributed by atoms with Gasteiger partial charge in [0.2, 0.25) is 5.91 Å². The van der Waals surface area contributed by atoms with Crippen molar-refractivity contribution in [3.8, 4) is 11.5 Å². The van der Waals surface area contributed by atoms with Gasteiger partial charge in [-0.2, -0.15) is 0 Å². The summed E-state index contributed by atoms with van der Waals surface area (Å²) < 4.78 is 15.2. The van der Waals surface area contributed by atoms with Gasteiger partial charge < -0.3 is 24.8 Å². The van der Waals surface area contributed by atoms with E-state index in [1.165, 1.54) is 18.4 Å². The Labute approximate surface area is 177 Å². The second-order valence-electron chi connectivity index (χ2n) is 6.13. The highest BCUT2D eigenvalue weighted by Gasteiger charge is 2.12. The molecule has 1 amide bonds. The number of esters is 1. The molecular weight excluding hydrogens is 406 g/mol. The van der Waals surface area contributed by atoms with Crippen molar-refractivity contribution in [2.75, 3.05) is 32.0 Å². The maximum Gasteiger partial charge on any atom is 0.337 e. The van der Waals surface area contributed by atoms with E-state index in [2.05, 4.69) is 20.4 Å². The van der Waals surface area contributed by atoms with Gasteiger partial charge in [0.1, 0.15) is 11.5 Å². The van der Waals surface area contributed by atoms with Crippen LogP contribution >= 0.6 is 11.3 Å². The number of methoxy groups -OCH3 is 3. The zero-order chi connectivity index (χ0) is 21.5. The monoisotopic (exact) mass is 427 g/mol. The summed E-state index contributed by atoms with van der Waals surface area (Å²) in [4.78, 5) is 28.2. The summed E-state index contributed by atoms with van der Waals surface area (Å²) in [6.07, 6.45) is 0.117. The standard InChI is InChI=1S/C21H21N3O5S/c1-27-16-8-9-18(28-2)17(11-16)24-21-23-15(12-30-21)10-19(25)22-14-6-4-13(5-7-14)20(26)29-3/h4-9,11-12H,10H2,1-3H3,(H,22,25)(H,23,24). The summed E-state index contributed by atoms with van der Waals surface area (Å²) in [6, 6.07) is 11.9. The number of ether oxygens (including phenoxy) is 3. The molecule has 0 aliphatic carbocycles. The largest absolute Gasteiger partial charge is 0.497 e. The van der Waals surface area contributed by atoms with Gasteiger partial charge in [0.15, 0.2) is 5.13 Å². The van der Waals surface area contributed by atoms with Crippen LogP contribution < -0.4 is 20.1 Å². The fraction of sp³-hybridized carbons (Fsp3) is 0.190. The zero-order valence-electron chi connectivity index (χ0n) is 16.7. The molecule has 3 aromatic rings. The number of carbonyl (C=O) groups excluding carboxylic acids is 2. The Morgan fingerprint density at radius 2 is 1.80 bits per heavy atom. The SMILES string of the molecule is COC(=O)c1ccc(NC(=O)Cc2csc(Nc3cc(OC)ccc3OC)n2)cc1. The Balaban J connectivity index is 1.61. The Hall–Kier alpha value is -3.59. The average Bonchev–Trinajstić information content (AvgIpc) is 3.20. The lowest BCUT2D eigenvalue weighted by Crippen LogP contribution is -2.14. The van der Waals surface area contributed by atoms with E-state index in [4.69, 9.17) is 9.47 Å². The summed E-state index contributed by atoms with van der Waals surface area (Å²) in [5.74, 6) is 0.702. The number of rotatable bonds is 8. The molecule has 0 saturated carbocycles. The van der Waals surface area contributed by atoms with Crippen LogP contribution in [0.3, 0.4) is 0 Å². The number of nitrogens with zero attached hydrogens (tertiary/aromatic N) is 1. The summed E-state index contributed by atoms with van der Waals surface area (Å²) in [5.41, 5.74) is 2.35. The van der Waals surface area contributed by atoms with E-state index in [0.717, 1.165) is 0 Å². The van der Waals surface area contributed by atoms with Gasteiger partial charge in [-0.05, 0) is 36.4 Å². The lowest BCUT2D eigenvalue weighted by molar-refractivity contribution is -0.115. The molecule has 1 heterocycles. The topological polar surface area (TPSA) is 98.8 Å². The van der Waals surface area contributed by atoms with Gasteiger partial charge in [-0.15, -0.1) is 11.3 Å². The number of thiazole rings is 1. The van der Waals surface area contributed by atoms with Crippen LogP contribution in [0.4, 0.5) is 16.5 Å². The molecule has 1 aromatic heterocycles. The fourth-order valence-corrected chi connectivity index (χ4v) is 3.37. The first-order valence-corrected chi connectivity index (χ1v) is 9.82. The van der Waals surface area contributed by atoms with Crippen molar-refractivity contribution in [1.82, 2.24) is 4.98 Å². The molecule has 2 N–H and O–H groups in total. The molecule has 0 radical (unpaired) electrons. The quantitative estimate of drug-likeness (QED) is 0.527. The van der Waals surface area contributed by atoms with Gasteiger partial charge in [-0.25, -0.2) is 9.78 Å². The Morgan fingerprint density at radius 3 is 2.47 bits per heavy atom. The number of nitrogens with one attached hydrogen (secondary N) is 2. The lowest BCUT2D eigenvalue weighted by atomic mass is 10.2. The van der Waals surface area contributed by atoms with Crippen LogP contribution in [0, 0.1) is 0 Å². The van der Waals surface area contributed by atoms with Crippen LogP contribution in [-0.2, 0) is 16.0 Å². The van der Waals surface area contributed by atoms with Gasteiger partial charge in [-0.1, -0.05) is 0 Å². The molecule has 0 saturated heterocycles. The van der Waals surface area contributed by atoms with Crippen molar-refractivity contribution in [1.29, 1.82) is 0 Å². The predicted octanol–water partition coefficient (Wildman–Crippen LogP) is 3.87. The fourth-order valence-electron chi connectivity index (χ4n) is 2.65. The normalized spacial score (nSPS) is 10.2. The highest BCUT2D eigenvalue weighted by molar-refractivity contribution is 7.13. The van der Waals surface area contributed by atoms with Gasteiger partial charge in [0, 0.05) is 17.1 Å². The molecule has 0 aliphatic rings. The summed E-state index contributed by atoms with van der Waals surface area (Å²) in [5, 5.41) is 8.42. The maximum atomic E-state index is 12.3. The van der Waals surface area contributed by atoms with Crippen molar-refractivity contribution in [3.05, 3.63) is 59.1 Å².